The molecule has 4 aliphatic rings. The smallest absolute Gasteiger partial charge is 0.390 e. The van der Waals surface area contributed by atoms with Crippen LogP contribution in [0.5, 0.6) is 0 Å². The molecule has 48 heavy (non-hydrogen) atoms. The van der Waals surface area contributed by atoms with Gasteiger partial charge in [-0.3, -0.25) is 14.3 Å². The number of imidazole rings is 1. The van der Waals surface area contributed by atoms with Gasteiger partial charge in [-0.2, -0.15) is 18.3 Å². The van der Waals surface area contributed by atoms with E-state index in [1.165, 1.54) is 25.2 Å². The van der Waals surface area contributed by atoms with E-state index in [0.29, 0.717) is 30.9 Å². The van der Waals surface area contributed by atoms with Crippen molar-refractivity contribution in [3.8, 4) is 11.3 Å². The van der Waals surface area contributed by atoms with Gasteiger partial charge >= 0.3 is 12.2 Å². The monoisotopic (exact) mass is 697 g/mol. The summed E-state index contributed by atoms with van der Waals surface area (Å²) >= 11 is 6.38. The normalized spacial score (nSPS) is 27.0. The topological polar surface area (TPSA) is 158 Å². The van der Waals surface area contributed by atoms with Gasteiger partial charge in [0.05, 0.1) is 40.2 Å². The third-order valence-electron chi connectivity index (χ3n) is 9.32. The lowest BCUT2D eigenvalue weighted by Gasteiger charge is -2.24. The van der Waals surface area contributed by atoms with Crippen LogP contribution in [0.15, 0.2) is 30.6 Å². The van der Waals surface area contributed by atoms with Gasteiger partial charge in [-0.05, 0) is 18.2 Å². The number of rotatable bonds is 7. The number of aromatic nitrogens is 4. The number of likely N-dealkylation sites (tertiary alicyclic amines) is 1. The lowest BCUT2D eigenvalue weighted by Crippen LogP contribution is -2.49. The van der Waals surface area contributed by atoms with Crippen LogP contribution in [0, 0.1) is 11.8 Å². The standard InChI is InChI=1S/C29H29ClF5N9O4/c1-42-19(16-11-44(21-5-28(21,31)32)41-23(16)29(33,34)35)7-37-24(42)26(47)38-12-2-3-13(17(30)4-12)25(46)40-22-14-9-43(10-15(14)22)27(48)39-18-6-36-8-20(18)45/h2-4,7,11,14-15,18,20-22,36,45H,5-6,8-10H2,1H3,(H,38,47)(H,39,48)(H,40,46)/t14-,15+,18-,20-,21-,22?/m1/s1. The Bertz CT molecular complexity index is 1800. The Morgan fingerprint density at radius 1 is 1.10 bits per heavy atom. The number of halogens is 6. The first-order chi connectivity index (χ1) is 22.6. The van der Waals surface area contributed by atoms with Gasteiger partial charge in [0.25, 0.3) is 17.7 Å². The Hall–Kier alpha value is -4.29. The summed E-state index contributed by atoms with van der Waals surface area (Å²) in [5.41, 5.74) is -1.72. The molecule has 2 aliphatic heterocycles. The number of carbonyl (C=O) groups excluding carboxylic acids is 3. The summed E-state index contributed by atoms with van der Waals surface area (Å²) in [4.78, 5) is 44.2. The molecule has 2 aromatic heterocycles. The maximum Gasteiger partial charge on any atom is 0.435 e. The van der Waals surface area contributed by atoms with Crippen LogP contribution in [0.4, 0.5) is 32.4 Å². The average molecular weight is 698 g/mol. The molecular weight excluding hydrogens is 669 g/mol. The predicted molar refractivity (Wildman–Crippen MR) is 158 cm³/mol. The molecule has 4 fully saturated rings. The van der Waals surface area contributed by atoms with E-state index in [-0.39, 0.29) is 57.7 Å². The number of urea groups is 1. The molecule has 7 rings (SSSR count). The number of carbonyl (C=O) groups is 3. The SMILES string of the molecule is Cn1c(-c2cn([C@@H]3CC3(F)F)nc2C(F)(F)F)cnc1C(=O)Nc1ccc(C(=O)NC2[C@H]3CN(C(=O)N[C@@H]4CNC[C@H]4O)C[C@@H]23)c(Cl)c1. The van der Waals surface area contributed by atoms with Crippen LogP contribution in [-0.4, -0.2) is 97.5 Å². The predicted octanol–water partition coefficient (Wildman–Crippen LogP) is 2.49. The van der Waals surface area contributed by atoms with Gasteiger partial charge in [0, 0.05) is 69.4 Å². The first kappa shape index (κ1) is 32.3. The summed E-state index contributed by atoms with van der Waals surface area (Å²) in [7, 11) is 1.30. The molecule has 19 heteroatoms. The highest BCUT2D eigenvalue weighted by atomic mass is 35.5. The summed E-state index contributed by atoms with van der Waals surface area (Å²) in [6.07, 6.45) is -4.32. The molecule has 3 aromatic rings. The van der Waals surface area contributed by atoms with Gasteiger partial charge in [-0.15, -0.1) is 0 Å². The number of piperidine rings is 1. The van der Waals surface area contributed by atoms with Crippen LogP contribution in [0.1, 0.15) is 39.1 Å². The number of β-amino-alcohol motifs (C(OH)–C–C–N with tert-alkyl or cyclic N) is 1. The molecule has 5 N–H and O–H groups in total. The number of aliphatic hydroxyl groups excluding tert-OH is 1. The fourth-order valence-electron chi connectivity index (χ4n) is 6.47. The van der Waals surface area contributed by atoms with E-state index < -0.39 is 53.7 Å². The van der Waals surface area contributed by atoms with Crippen molar-refractivity contribution in [1.82, 2.24) is 40.2 Å². The van der Waals surface area contributed by atoms with E-state index in [1.54, 1.807) is 4.90 Å². The molecule has 2 saturated carbocycles. The van der Waals surface area contributed by atoms with Crippen molar-refractivity contribution in [1.29, 1.82) is 0 Å². The van der Waals surface area contributed by atoms with Gasteiger partial charge < -0.3 is 35.8 Å². The molecule has 0 spiro atoms. The minimum Gasteiger partial charge on any atom is -0.390 e. The number of amides is 4. The van der Waals surface area contributed by atoms with Gasteiger partial charge in [-0.1, -0.05) is 11.6 Å². The van der Waals surface area contributed by atoms with Crippen LogP contribution in [0.2, 0.25) is 5.02 Å². The first-order valence-corrected chi connectivity index (χ1v) is 15.4. The summed E-state index contributed by atoms with van der Waals surface area (Å²) in [5.74, 6) is -4.50. The summed E-state index contributed by atoms with van der Waals surface area (Å²) in [6.45, 7) is 1.83. The Morgan fingerprint density at radius 3 is 2.42 bits per heavy atom. The van der Waals surface area contributed by atoms with Gasteiger partial charge in [0.2, 0.25) is 0 Å². The molecule has 256 valence electrons. The third-order valence-corrected chi connectivity index (χ3v) is 9.63. The largest absolute Gasteiger partial charge is 0.435 e. The lowest BCUT2D eigenvalue weighted by atomic mass is 10.2. The van der Waals surface area contributed by atoms with Crippen molar-refractivity contribution < 1.29 is 41.4 Å². The molecule has 4 amide bonds. The second-order valence-electron chi connectivity index (χ2n) is 12.5. The van der Waals surface area contributed by atoms with Crippen LogP contribution in [0.25, 0.3) is 11.3 Å². The molecule has 1 unspecified atom stereocenters. The molecule has 2 saturated heterocycles. The zero-order valence-electron chi connectivity index (χ0n) is 25.1. The fraction of sp³-hybridized carbons (Fsp3) is 0.483. The van der Waals surface area contributed by atoms with Crippen molar-refractivity contribution in [2.75, 3.05) is 31.5 Å². The van der Waals surface area contributed by atoms with Crippen molar-refractivity contribution in [2.24, 2.45) is 18.9 Å². The quantitative estimate of drug-likeness (QED) is 0.238. The van der Waals surface area contributed by atoms with Crippen LogP contribution in [0.3, 0.4) is 0 Å². The lowest BCUT2D eigenvalue weighted by molar-refractivity contribution is -0.141. The first-order valence-electron chi connectivity index (χ1n) is 15.0. The maximum absolute atomic E-state index is 13.7. The fourth-order valence-corrected chi connectivity index (χ4v) is 6.73. The highest BCUT2D eigenvalue weighted by Crippen LogP contribution is 2.53. The second-order valence-corrected chi connectivity index (χ2v) is 12.9. The number of nitrogens with one attached hydrogen (secondary N) is 4. The average Bonchev–Trinajstić information content (AvgIpc) is 3.46. The number of hydrogen-bond donors (Lipinski definition) is 5. The molecule has 6 atom stereocenters. The van der Waals surface area contributed by atoms with Crippen LogP contribution >= 0.6 is 11.6 Å². The highest BCUT2D eigenvalue weighted by molar-refractivity contribution is 6.34. The Labute approximate surface area is 273 Å². The Balaban J connectivity index is 0.967. The number of fused-ring (bicyclic) bond motifs is 1. The van der Waals surface area contributed by atoms with Crippen LogP contribution in [-0.2, 0) is 13.2 Å². The molecule has 13 nitrogen and oxygen atoms in total. The van der Waals surface area contributed by atoms with E-state index in [9.17, 15) is 41.4 Å². The third kappa shape index (κ3) is 5.85. The number of benzene rings is 1. The number of hydrogen-bond acceptors (Lipinski definition) is 7. The summed E-state index contributed by atoms with van der Waals surface area (Å²) in [6, 6.07) is 1.94. The zero-order chi connectivity index (χ0) is 34.3. The van der Waals surface area contributed by atoms with E-state index >= 15 is 0 Å². The maximum atomic E-state index is 13.7. The molecular formula is C29H29ClF5N9O4. The van der Waals surface area contributed by atoms with E-state index in [2.05, 4.69) is 31.3 Å². The second kappa shape index (κ2) is 11.4. The van der Waals surface area contributed by atoms with Crippen LogP contribution < -0.4 is 21.3 Å². The highest BCUT2D eigenvalue weighted by Gasteiger charge is 2.60. The number of aliphatic hydroxyl groups is 1. The van der Waals surface area contributed by atoms with Gasteiger partial charge in [0.15, 0.2) is 11.5 Å². The number of alkyl halides is 5. The Morgan fingerprint density at radius 2 is 1.81 bits per heavy atom. The summed E-state index contributed by atoms with van der Waals surface area (Å²) in [5, 5.41) is 24.6. The van der Waals surface area contributed by atoms with Crippen molar-refractivity contribution in [3.63, 3.8) is 0 Å². The molecule has 2 aliphatic carbocycles. The van der Waals surface area contributed by atoms with Gasteiger partial charge in [0.1, 0.15) is 6.04 Å². The van der Waals surface area contributed by atoms with E-state index in [1.807, 2.05) is 0 Å². The molecule has 1 aromatic carbocycles. The molecule has 0 radical (unpaired) electrons. The molecule has 4 heterocycles. The van der Waals surface area contributed by atoms with E-state index in [0.717, 1.165) is 17.0 Å². The number of nitrogens with zero attached hydrogens (tertiary/aromatic N) is 5. The zero-order valence-corrected chi connectivity index (χ0v) is 25.8. The van der Waals surface area contributed by atoms with Crippen molar-refractivity contribution in [2.45, 2.75) is 42.7 Å². The summed E-state index contributed by atoms with van der Waals surface area (Å²) < 4.78 is 70.0. The molecule has 0 bridgehead atoms. The van der Waals surface area contributed by atoms with E-state index in [4.69, 9.17) is 11.6 Å². The minimum atomic E-state index is -4.95. The van der Waals surface area contributed by atoms with Crippen molar-refractivity contribution >= 4 is 35.1 Å². The minimum absolute atomic E-state index is 0.0282. The number of anilines is 1. The Kier molecular flexibility index (Phi) is 7.67. The van der Waals surface area contributed by atoms with Gasteiger partial charge in [-0.25, -0.2) is 18.6 Å². The van der Waals surface area contributed by atoms with Crippen molar-refractivity contribution in [3.05, 3.63) is 52.7 Å².